The molecule has 2 amide bonds. The summed E-state index contributed by atoms with van der Waals surface area (Å²) in [6, 6.07) is -1.98. The summed E-state index contributed by atoms with van der Waals surface area (Å²) in [7, 11) is 0. The van der Waals surface area contributed by atoms with Crippen LogP contribution in [0.4, 0.5) is 13.2 Å². The zero-order chi connectivity index (χ0) is 31.9. The third kappa shape index (κ3) is 8.16. The fourth-order valence-corrected chi connectivity index (χ4v) is 7.71. The molecule has 0 aromatic carbocycles. The Kier molecular flexibility index (Phi) is 11.8. The van der Waals surface area contributed by atoms with Crippen LogP contribution in [0.5, 0.6) is 0 Å². The number of likely N-dealkylation sites (tertiary alicyclic amines) is 2. The number of nitrogens with two attached hydrogens (primary N) is 1. The highest BCUT2D eigenvalue weighted by Crippen LogP contribution is 2.40. The summed E-state index contributed by atoms with van der Waals surface area (Å²) in [6.07, 6.45) is 8.00. The van der Waals surface area contributed by atoms with Crippen LogP contribution in [0, 0.1) is 11.8 Å². The van der Waals surface area contributed by atoms with Gasteiger partial charge in [0.25, 0.3) is 0 Å². The minimum atomic E-state index is -4.64. The van der Waals surface area contributed by atoms with Crippen LogP contribution in [-0.2, 0) is 19.1 Å². The summed E-state index contributed by atoms with van der Waals surface area (Å²) < 4.78 is 47.5. The molecule has 3 fully saturated rings. The smallest absolute Gasteiger partial charge is 0.415 e. The number of alkyl halides is 3. The minimum Gasteiger partial charge on any atom is -0.481 e. The van der Waals surface area contributed by atoms with Gasteiger partial charge in [-0.3, -0.25) is 14.4 Å². The van der Waals surface area contributed by atoms with Crippen LogP contribution in [-0.4, -0.2) is 88.8 Å². The second-order valence-electron chi connectivity index (χ2n) is 12.9. The van der Waals surface area contributed by atoms with E-state index in [9.17, 15) is 27.6 Å². The zero-order valence-electron chi connectivity index (χ0n) is 25.8. The quantitative estimate of drug-likeness (QED) is 0.288. The van der Waals surface area contributed by atoms with Gasteiger partial charge in [-0.25, -0.2) is 0 Å². The number of nitrogens with zero attached hydrogens (tertiary/aromatic N) is 2. The fraction of sp³-hybridized carbons (Fsp3) is 0.781. The Labute approximate surface area is 258 Å². The Balaban J connectivity index is 1.39. The summed E-state index contributed by atoms with van der Waals surface area (Å²) in [5.74, 6) is -1.79. The molecule has 1 aliphatic carbocycles. The fourth-order valence-electron chi connectivity index (χ4n) is 7.71. The van der Waals surface area contributed by atoms with E-state index in [2.05, 4.69) is 5.32 Å². The van der Waals surface area contributed by atoms with Crippen molar-refractivity contribution >= 4 is 17.8 Å². The highest BCUT2D eigenvalue weighted by molar-refractivity contribution is 5.88. The molecule has 2 saturated heterocycles. The lowest BCUT2D eigenvalue weighted by Crippen LogP contribution is -2.62. The van der Waals surface area contributed by atoms with Gasteiger partial charge in [0.1, 0.15) is 6.04 Å². The molecule has 9 nitrogen and oxygen atoms in total. The molecule has 0 aromatic rings. The number of ether oxygens (including phenoxy) is 1. The maximum Gasteiger partial charge on any atom is 0.415 e. The summed E-state index contributed by atoms with van der Waals surface area (Å²) in [5, 5.41) is 11.5. The number of carboxylic acids is 1. The van der Waals surface area contributed by atoms with Crippen LogP contribution < -0.4 is 11.1 Å². The van der Waals surface area contributed by atoms with Crippen LogP contribution >= 0.6 is 0 Å². The van der Waals surface area contributed by atoms with Gasteiger partial charge in [-0.15, -0.1) is 0 Å². The van der Waals surface area contributed by atoms with Gasteiger partial charge in [0.2, 0.25) is 11.8 Å². The molecule has 3 unspecified atom stereocenters. The number of hydrogen-bond acceptors (Lipinski definition) is 6. The molecule has 44 heavy (non-hydrogen) atoms. The predicted molar refractivity (Wildman–Crippen MR) is 159 cm³/mol. The minimum absolute atomic E-state index is 0.0200. The first-order valence-corrected chi connectivity index (χ1v) is 16.4. The van der Waals surface area contributed by atoms with Gasteiger partial charge in [-0.05, 0) is 70.1 Å². The van der Waals surface area contributed by atoms with Gasteiger partial charge < -0.3 is 30.7 Å². The lowest BCUT2D eigenvalue weighted by molar-refractivity contribution is -0.149. The number of hydrogen-bond donors (Lipinski definition) is 3. The number of amides is 2. The lowest BCUT2D eigenvalue weighted by Gasteiger charge is -2.49. The van der Waals surface area contributed by atoms with Crippen molar-refractivity contribution in [2.24, 2.45) is 17.6 Å². The molecule has 4 rings (SSSR count). The van der Waals surface area contributed by atoms with E-state index in [-0.39, 0.29) is 24.3 Å². The number of piperidine rings is 2. The molecular formula is C32H49F3N4O5. The number of rotatable bonds is 11. The average molecular weight is 627 g/mol. The van der Waals surface area contributed by atoms with Gasteiger partial charge in [0, 0.05) is 50.2 Å². The second-order valence-corrected chi connectivity index (χ2v) is 12.9. The number of unbranched alkanes of at least 4 members (excludes halogenated alkanes) is 1. The summed E-state index contributed by atoms with van der Waals surface area (Å²) in [6.45, 7) is 3.79. The van der Waals surface area contributed by atoms with E-state index >= 15 is 0 Å². The van der Waals surface area contributed by atoms with Crippen molar-refractivity contribution in [3.63, 3.8) is 0 Å². The Morgan fingerprint density at radius 3 is 2.48 bits per heavy atom. The van der Waals surface area contributed by atoms with E-state index in [1.807, 2.05) is 11.8 Å². The van der Waals surface area contributed by atoms with E-state index in [4.69, 9.17) is 15.6 Å². The van der Waals surface area contributed by atoms with Crippen molar-refractivity contribution in [1.29, 1.82) is 0 Å². The van der Waals surface area contributed by atoms with Crippen molar-refractivity contribution in [1.82, 2.24) is 15.1 Å². The maximum atomic E-state index is 14.0. The average Bonchev–Trinajstić information content (AvgIpc) is 3.00. The molecule has 5 atom stereocenters. The number of carbonyl (C=O) groups excluding carboxylic acids is 2. The van der Waals surface area contributed by atoms with Crippen LogP contribution in [0.2, 0.25) is 0 Å². The molecule has 0 spiro atoms. The molecule has 1 saturated carbocycles. The highest BCUT2D eigenvalue weighted by Gasteiger charge is 2.48. The second kappa shape index (κ2) is 15.1. The standard InChI is InChI=1S/C32H49F3N4O5/c1-2-9-25-22(10-8-18-39(25)30(43)28-24(32(33,34)35)12-7-17-37-28)29(42)38-19-15-31(36,16-20-38)23-11-3-4-13-26(23)44-21-6-5-14-27(40)41/h7,12,17,22-23,25-26,28,37H,2-6,8-11,13-16,18-21,36H2,1H3,(H,40,41)/t22-,23?,25-,26?,28?/m1/s1. The third-order valence-corrected chi connectivity index (χ3v) is 10.0. The van der Waals surface area contributed by atoms with Crippen molar-refractivity contribution in [2.75, 3.05) is 26.2 Å². The monoisotopic (exact) mass is 626 g/mol. The first-order chi connectivity index (χ1) is 21.0. The van der Waals surface area contributed by atoms with E-state index in [1.165, 1.54) is 17.2 Å². The maximum absolute atomic E-state index is 14.0. The SMILES string of the molecule is CCC[C@@H]1[C@H](C(=O)N2CCC(N)(C3CCCCC3OCCCCC(=O)O)CC2)CCCN1C(=O)C1NC=CC=C1C(F)(F)F. The molecule has 0 bridgehead atoms. The van der Waals surface area contributed by atoms with E-state index in [0.29, 0.717) is 77.6 Å². The van der Waals surface area contributed by atoms with E-state index in [0.717, 1.165) is 31.8 Å². The van der Waals surface area contributed by atoms with Crippen LogP contribution in [0.1, 0.15) is 90.4 Å². The first kappa shape index (κ1) is 34.3. The van der Waals surface area contributed by atoms with Gasteiger partial charge in [-0.1, -0.05) is 32.3 Å². The molecule has 3 heterocycles. The van der Waals surface area contributed by atoms with Gasteiger partial charge in [0.05, 0.1) is 17.6 Å². The number of dihydropyridines is 1. The number of allylic oxidation sites excluding steroid dienone is 2. The Hall–Kier alpha value is -2.60. The number of nitrogens with one attached hydrogen (secondary N) is 1. The van der Waals surface area contributed by atoms with Gasteiger partial charge in [-0.2, -0.15) is 13.2 Å². The molecule has 3 aliphatic heterocycles. The zero-order valence-corrected chi connectivity index (χ0v) is 25.8. The molecule has 4 N–H and O–H groups in total. The number of carbonyl (C=O) groups is 3. The topological polar surface area (TPSA) is 125 Å². The van der Waals surface area contributed by atoms with Crippen LogP contribution in [0.15, 0.2) is 23.9 Å². The van der Waals surface area contributed by atoms with Crippen molar-refractivity contribution in [3.8, 4) is 0 Å². The normalized spacial score (nSPS) is 29.1. The largest absolute Gasteiger partial charge is 0.481 e. The molecule has 4 aliphatic rings. The molecule has 248 valence electrons. The van der Waals surface area contributed by atoms with E-state index in [1.54, 1.807) is 0 Å². The summed E-state index contributed by atoms with van der Waals surface area (Å²) in [4.78, 5) is 41.7. The number of carboxylic acid groups (broad SMARTS) is 1. The summed E-state index contributed by atoms with van der Waals surface area (Å²) in [5.41, 5.74) is 5.65. The first-order valence-electron chi connectivity index (χ1n) is 16.4. The van der Waals surface area contributed by atoms with Crippen LogP contribution in [0.3, 0.4) is 0 Å². The molecular weight excluding hydrogens is 577 g/mol. The highest BCUT2D eigenvalue weighted by atomic mass is 19.4. The van der Waals surface area contributed by atoms with Gasteiger partial charge >= 0.3 is 12.1 Å². The lowest BCUT2D eigenvalue weighted by atomic mass is 9.68. The van der Waals surface area contributed by atoms with Crippen LogP contribution in [0.25, 0.3) is 0 Å². The molecule has 12 heteroatoms. The number of aliphatic carboxylic acids is 1. The Morgan fingerprint density at radius 1 is 1.07 bits per heavy atom. The Bertz CT molecular complexity index is 1070. The van der Waals surface area contributed by atoms with E-state index < -0.39 is 47.2 Å². The third-order valence-electron chi connectivity index (χ3n) is 10.0. The van der Waals surface area contributed by atoms with Gasteiger partial charge in [0.15, 0.2) is 0 Å². The predicted octanol–water partition coefficient (Wildman–Crippen LogP) is 4.52. The van der Waals surface area contributed by atoms with Crippen molar-refractivity contribution in [2.45, 2.75) is 120 Å². The Morgan fingerprint density at radius 2 is 1.80 bits per heavy atom. The van der Waals surface area contributed by atoms with Crippen molar-refractivity contribution < 1.29 is 37.4 Å². The van der Waals surface area contributed by atoms with Crippen molar-refractivity contribution in [3.05, 3.63) is 23.9 Å². The summed E-state index contributed by atoms with van der Waals surface area (Å²) >= 11 is 0. The molecule has 0 aromatic heterocycles. The molecule has 0 radical (unpaired) electrons. The number of halogens is 3.